The number of hydrogen-bond donors (Lipinski definition) is 2. The SMILES string of the molecule is CC(C)(Cc1ccnc(-c2cc(CC(C)(C)C(=O)O)ccn2)c1)C(=O)O. The fourth-order valence-corrected chi connectivity index (χ4v) is 2.62. The molecule has 0 radical (unpaired) electrons. The molecule has 0 atom stereocenters. The minimum Gasteiger partial charge on any atom is -0.481 e. The lowest BCUT2D eigenvalue weighted by molar-refractivity contribution is -0.147. The zero-order chi connectivity index (χ0) is 19.5. The number of rotatable bonds is 7. The van der Waals surface area contributed by atoms with Gasteiger partial charge in [0.05, 0.1) is 22.2 Å². The summed E-state index contributed by atoms with van der Waals surface area (Å²) in [4.78, 5) is 31.3. The first-order valence-corrected chi connectivity index (χ1v) is 8.38. The van der Waals surface area contributed by atoms with E-state index in [0.717, 1.165) is 11.1 Å². The maximum Gasteiger partial charge on any atom is 0.309 e. The van der Waals surface area contributed by atoms with E-state index in [0.29, 0.717) is 24.2 Å². The minimum absolute atomic E-state index is 0.379. The maximum atomic E-state index is 11.3. The Morgan fingerprint density at radius 3 is 1.46 bits per heavy atom. The first kappa shape index (κ1) is 19.6. The summed E-state index contributed by atoms with van der Waals surface area (Å²) in [7, 11) is 0. The second-order valence-corrected chi connectivity index (χ2v) is 7.83. The fourth-order valence-electron chi connectivity index (χ4n) is 2.62. The molecule has 0 aliphatic heterocycles. The van der Waals surface area contributed by atoms with E-state index in [1.165, 1.54) is 0 Å². The van der Waals surface area contributed by atoms with Crippen LogP contribution in [0.25, 0.3) is 11.4 Å². The van der Waals surface area contributed by atoms with Crippen molar-refractivity contribution in [2.75, 3.05) is 0 Å². The summed E-state index contributed by atoms with van der Waals surface area (Å²) in [6.45, 7) is 6.73. The molecule has 0 unspecified atom stereocenters. The summed E-state index contributed by atoms with van der Waals surface area (Å²) >= 11 is 0. The Morgan fingerprint density at radius 2 is 1.15 bits per heavy atom. The number of nitrogens with zero attached hydrogens (tertiary/aromatic N) is 2. The van der Waals surface area contributed by atoms with E-state index in [-0.39, 0.29) is 0 Å². The topological polar surface area (TPSA) is 100 Å². The number of pyridine rings is 2. The van der Waals surface area contributed by atoms with Gasteiger partial charge in [0.25, 0.3) is 0 Å². The lowest BCUT2D eigenvalue weighted by Crippen LogP contribution is -2.26. The van der Waals surface area contributed by atoms with Gasteiger partial charge in [-0.3, -0.25) is 19.6 Å². The third-order valence-electron chi connectivity index (χ3n) is 4.36. The number of aliphatic carboxylic acids is 2. The molecule has 0 fully saturated rings. The zero-order valence-electron chi connectivity index (χ0n) is 15.5. The second-order valence-electron chi connectivity index (χ2n) is 7.83. The molecule has 0 aromatic carbocycles. The van der Waals surface area contributed by atoms with Crippen LogP contribution in [0, 0.1) is 10.8 Å². The molecule has 2 aromatic heterocycles. The van der Waals surface area contributed by atoms with Crippen molar-refractivity contribution in [2.24, 2.45) is 10.8 Å². The molecule has 6 heteroatoms. The van der Waals surface area contributed by atoms with Crippen molar-refractivity contribution in [2.45, 2.75) is 40.5 Å². The number of carboxylic acid groups (broad SMARTS) is 2. The minimum atomic E-state index is -0.876. The highest BCUT2D eigenvalue weighted by molar-refractivity contribution is 5.74. The summed E-state index contributed by atoms with van der Waals surface area (Å²) in [5.41, 5.74) is 1.25. The molecule has 0 spiro atoms. The first-order chi connectivity index (χ1) is 12.0. The van der Waals surface area contributed by atoms with Crippen molar-refractivity contribution in [3.63, 3.8) is 0 Å². The van der Waals surface area contributed by atoms with Crippen molar-refractivity contribution < 1.29 is 19.8 Å². The molecule has 0 aliphatic carbocycles. The van der Waals surface area contributed by atoms with Crippen LogP contribution in [0.5, 0.6) is 0 Å². The van der Waals surface area contributed by atoms with Crippen LogP contribution in [0.1, 0.15) is 38.8 Å². The van der Waals surface area contributed by atoms with Crippen LogP contribution in [0.4, 0.5) is 0 Å². The molecular formula is C20H24N2O4. The Kier molecular flexibility index (Phi) is 5.44. The highest BCUT2D eigenvalue weighted by Gasteiger charge is 2.28. The van der Waals surface area contributed by atoms with Crippen molar-refractivity contribution in [3.05, 3.63) is 47.8 Å². The van der Waals surface area contributed by atoms with Crippen molar-refractivity contribution in [1.29, 1.82) is 0 Å². The van der Waals surface area contributed by atoms with Gasteiger partial charge in [-0.05, 0) is 75.9 Å². The summed E-state index contributed by atoms with van der Waals surface area (Å²) in [6.07, 6.45) is 4.03. The third kappa shape index (κ3) is 4.65. The van der Waals surface area contributed by atoms with Crippen molar-refractivity contribution in [1.82, 2.24) is 9.97 Å². The van der Waals surface area contributed by atoms with Crippen LogP contribution in [-0.4, -0.2) is 32.1 Å². The monoisotopic (exact) mass is 356 g/mol. The van der Waals surface area contributed by atoms with E-state index in [1.807, 2.05) is 12.1 Å². The number of carboxylic acids is 2. The summed E-state index contributed by atoms with van der Waals surface area (Å²) < 4.78 is 0. The molecule has 2 N–H and O–H groups in total. The van der Waals surface area contributed by atoms with Crippen LogP contribution >= 0.6 is 0 Å². The smallest absolute Gasteiger partial charge is 0.309 e. The summed E-state index contributed by atoms with van der Waals surface area (Å²) in [5, 5.41) is 18.6. The van der Waals surface area contributed by atoms with E-state index in [2.05, 4.69) is 9.97 Å². The van der Waals surface area contributed by atoms with Crippen LogP contribution < -0.4 is 0 Å². The Labute approximate surface area is 152 Å². The van der Waals surface area contributed by atoms with Gasteiger partial charge < -0.3 is 10.2 Å². The normalized spacial score (nSPS) is 12.0. The van der Waals surface area contributed by atoms with Gasteiger partial charge in [0.2, 0.25) is 0 Å². The van der Waals surface area contributed by atoms with Crippen LogP contribution in [0.2, 0.25) is 0 Å². The number of aromatic nitrogens is 2. The lowest BCUT2D eigenvalue weighted by Gasteiger charge is -2.20. The third-order valence-corrected chi connectivity index (χ3v) is 4.36. The molecule has 2 aromatic rings. The maximum absolute atomic E-state index is 11.3. The molecule has 0 aliphatic rings. The largest absolute Gasteiger partial charge is 0.481 e. The molecule has 0 bridgehead atoms. The van der Waals surface area contributed by atoms with Gasteiger partial charge in [0, 0.05) is 12.4 Å². The van der Waals surface area contributed by atoms with Gasteiger partial charge in [-0.2, -0.15) is 0 Å². The van der Waals surface area contributed by atoms with Crippen LogP contribution in [0.3, 0.4) is 0 Å². The van der Waals surface area contributed by atoms with Crippen molar-refractivity contribution >= 4 is 11.9 Å². The molecule has 2 rings (SSSR count). The van der Waals surface area contributed by atoms with Gasteiger partial charge in [-0.25, -0.2) is 0 Å². The molecular weight excluding hydrogens is 332 g/mol. The Bertz CT molecular complexity index is 759. The van der Waals surface area contributed by atoms with E-state index in [9.17, 15) is 19.8 Å². The summed E-state index contributed by atoms with van der Waals surface area (Å²) in [5.74, 6) is -1.71. The standard InChI is InChI=1S/C20H24N2O4/c1-19(2,17(23)24)11-13-5-7-21-15(9-13)16-10-14(6-8-22-16)12-20(3,4)18(25)26/h5-10H,11-12H2,1-4H3,(H,23,24)(H,25,26). The Morgan fingerprint density at radius 1 is 0.808 bits per heavy atom. The van der Waals surface area contributed by atoms with E-state index >= 15 is 0 Å². The Hall–Kier alpha value is -2.76. The average Bonchev–Trinajstić information content (AvgIpc) is 2.54. The van der Waals surface area contributed by atoms with Crippen LogP contribution in [-0.2, 0) is 22.4 Å². The van der Waals surface area contributed by atoms with Gasteiger partial charge in [0.15, 0.2) is 0 Å². The van der Waals surface area contributed by atoms with Gasteiger partial charge in [-0.1, -0.05) is 0 Å². The number of hydrogen-bond acceptors (Lipinski definition) is 4. The predicted molar refractivity (Wildman–Crippen MR) is 97.7 cm³/mol. The Balaban J connectivity index is 2.29. The predicted octanol–water partition coefficient (Wildman–Crippen LogP) is 3.45. The van der Waals surface area contributed by atoms with E-state index in [1.54, 1.807) is 52.2 Å². The molecule has 138 valence electrons. The average molecular weight is 356 g/mol. The fraction of sp³-hybridized carbons (Fsp3) is 0.400. The van der Waals surface area contributed by atoms with Crippen molar-refractivity contribution in [3.8, 4) is 11.4 Å². The summed E-state index contributed by atoms with van der Waals surface area (Å²) in [6, 6.07) is 7.26. The highest BCUT2D eigenvalue weighted by Crippen LogP contribution is 2.26. The first-order valence-electron chi connectivity index (χ1n) is 8.38. The van der Waals surface area contributed by atoms with Gasteiger partial charge >= 0.3 is 11.9 Å². The molecule has 6 nitrogen and oxygen atoms in total. The molecule has 26 heavy (non-hydrogen) atoms. The highest BCUT2D eigenvalue weighted by atomic mass is 16.4. The van der Waals surface area contributed by atoms with E-state index in [4.69, 9.17) is 0 Å². The molecule has 0 saturated heterocycles. The van der Waals surface area contributed by atoms with Gasteiger partial charge in [0.1, 0.15) is 0 Å². The molecule has 0 saturated carbocycles. The van der Waals surface area contributed by atoms with Gasteiger partial charge in [-0.15, -0.1) is 0 Å². The molecule has 0 amide bonds. The van der Waals surface area contributed by atoms with Crippen LogP contribution in [0.15, 0.2) is 36.7 Å². The number of carbonyl (C=O) groups is 2. The lowest BCUT2D eigenvalue weighted by atomic mass is 9.85. The molecule has 2 heterocycles. The zero-order valence-corrected chi connectivity index (χ0v) is 15.5. The second kappa shape index (κ2) is 7.23. The quantitative estimate of drug-likeness (QED) is 0.788. The van der Waals surface area contributed by atoms with E-state index < -0.39 is 22.8 Å².